The molecule has 0 saturated carbocycles. The molecule has 0 aliphatic rings. The number of rotatable bonds is 19. The van der Waals surface area contributed by atoms with Crippen molar-refractivity contribution < 1.29 is 0 Å². The lowest BCUT2D eigenvalue weighted by atomic mass is 9.88. The Hall–Kier alpha value is -0.300. The second-order valence-corrected chi connectivity index (χ2v) is 7.89. The second-order valence-electron chi connectivity index (χ2n) is 7.89. The number of unbranched alkanes of at least 4 members (excludes halogenated alkanes) is 8. The first-order chi connectivity index (χ1) is 11.7. The first-order valence-electron chi connectivity index (χ1n) is 11.1. The molecular formula is C23H47N. The molecule has 1 nitrogen and oxygen atoms in total. The van der Waals surface area contributed by atoms with E-state index in [-0.39, 0.29) is 0 Å². The lowest BCUT2D eigenvalue weighted by Crippen LogP contribution is -2.25. The minimum absolute atomic E-state index is 0.877. The third kappa shape index (κ3) is 16.6. The first kappa shape index (κ1) is 23.7. The van der Waals surface area contributed by atoms with Gasteiger partial charge in [-0.05, 0) is 57.0 Å². The molecule has 24 heavy (non-hydrogen) atoms. The molecule has 0 radical (unpaired) electrons. The van der Waals surface area contributed by atoms with Gasteiger partial charge in [-0.15, -0.1) is 6.58 Å². The van der Waals surface area contributed by atoms with E-state index in [0.29, 0.717) is 0 Å². The predicted octanol–water partition coefficient (Wildman–Crippen LogP) is 7.52. The van der Waals surface area contributed by atoms with Crippen molar-refractivity contribution in [2.24, 2.45) is 11.8 Å². The fourth-order valence-electron chi connectivity index (χ4n) is 3.61. The van der Waals surface area contributed by atoms with E-state index in [4.69, 9.17) is 0 Å². The second kappa shape index (κ2) is 19.0. The van der Waals surface area contributed by atoms with Crippen LogP contribution in [0.3, 0.4) is 0 Å². The van der Waals surface area contributed by atoms with Crippen LogP contribution in [0, 0.1) is 11.8 Å². The van der Waals surface area contributed by atoms with Crippen molar-refractivity contribution in [1.29, 1.82) is 0 Å². The molecule has 2 unspecified atom stereocenters. The minimum Gasteiger partial charge on any atom is -0.316 e. The van der Waals surface area contributed by atoms with Crippen molar-refractivity contribution in [3.8, 4) is 0 Å². The SMILES string of the molecule is C=CCCCCC(CNCCCCC)CC(C)CCCCCCC. The molecule has 0 heterocycles. The molecule has 0 saturated heterocycles. The minimum atomic E-state index is 0.877. The zero-order chi connectivity index (χ0) is 17.9. The number of nitrogens with one attached hydrogen (secondary N) is 1. The van der Waals surface area contributed by atoms with Crippen molar-refractivity contribution in [1.82, 2.24) is 5.32 Å². The van der Waals surface area contributed by atoms with Gasteiger partial charge >= 0.3 is 0 Å². The first-order valence-corrected chi connectivity index (χ1v) is 11.1. The van der Waals surface area contributed by atoms with Crippen LogP contribution in [0.5, 0.6) is 0 Å². The maximum Gasteiger partial charge on any atom is -0.00204 e. The van der Waals surface area contributed by atoms with Crippen LogP contribution in [-0.2, 0) is 0 Å². The maximum atomic E-state index is 3.85. The van der Waals surface area contributed by atoms with Crippen LogP contribution in [0.1, 0.15) is 111 Å². The fraction of sp³-hybridized carbons (Fsp3) is 0.913. The average Bonchev–Trinajstić information content (AvgIpc) is 2.58. The van der Waals surface area contributed by atoms with Crippen LogP contribution in [0.4, 0.5) is 0 Å². The molecule has 0 aliphatic heterocycles. The molecule has 0 aromatic rings. The number of allylic oxidation sites excluding steroid dienone is 1. The monoisotopic (exact) mass is 337 g/mol. The topological polar surface area (TPSA) is 12.0 Å². The highest BCUT2D eigenvalue weighted by atomic mass is 14.9. The van der Waals surface area contributed by atoms with E-state index in [9.17, 15) is 0 Å². The molecule has 0 aliphatic carbocycles. The highest BCUT2D eigenvalue weighted by Crippen LogP contribution is 2.23. The van der Waals surface area contributed by atoms with Crippen molar-refractivity contribution >= 4 is 0 Å². The van der Waals surface area contributed by atoms with Gasteiger partial charge in [0.25, 0.3) is 0 Å². The molecule has 144 valence electrons. The van der Waals surface area contributed by atoms with Gasteiger partial charge in [-0.25, -0.2) is 0 Å². The molecule has 1 heteroatoms. The van der Waals surface area contributed by atoms with Crippen LogP contribution in [0.15, 0.2) is 12.7 Å². The van der Waals surface area contributed by atoms with E-state index in [1.165, 1.54) is 103 Å². The Labute approximate surface area is 154 Å². The van der Waals surface area contributed by atoms with E-state index in [1.807, 2.05) is 0 Å². The van der Waals surface area contributed by atoms with E-state index >= 15 is 0 Å². The Morgan fingerprint density at radius 2 is 1.50 bits per heavy atom. The Kier molecular flexibility index (Phi) is 18.8. The Balaban J connectivity index is 3.94. The molecule has 0 bridgehead atoms. The summed E-state index contributed by atoms with van der Waals surface area (Å²) < 4.78 is 0. The van der Waals surface area contributed by atoms with Crippen molar-refractivity contribution in [3.05, 3.63) is 12.7 Å². The molecule has 0 aromatic carbocycles. The molecule has 0 aromatic heterocycles. The molecule has 1 N–H and O–H groups in total. The zero-order valence-electron chi connectivity index (χ0n) is 17.3. The fourth-order valence-corrected chi connectivity index (χ4v) is 3.61. The summed E-state index contributed by atoms with van der Waals surface area (Å²) >= 11 is 0. The van der Waals surface area contributed by atoms with Gasteiger partial charge in [0, 0.05) is 0 Å². The van der Waals surface area contributed by atoms with E-state index in [0.717, 1.165) is 11.8 Å². The van der Waals surface area contributed by atoms with Crippen LogP contribution in [0.2, 0.25) is 0 Å². The van der Waals surface area contributed by atoms with Gasteiger partial charge in [-0.2, -0.15) is 0 Å². The summed E-state index contributed by atoms with van der Waals surface area (Å²) in [5.74, 6) is 1.77. The molecular weight excluding hydrogens is 290 g/mol. The predicted molar refractivity (Wildman–Crippen MR) is 112 cm³/mol. The Morgan fingerprint density at radius 3 is 2.21 bits per heavy atom. The van der Waals surface area contributed by atoms with Crippen LogP contribution in [0.25, 0.3) is 0 Å². The van der Waals surface area contributed by atoms with Gasteiger partial charge in [0.05, 0.1) is 0 Å². The van der Waals surface area contributed by atoms with Crippen molar-refractivity contribution in [2.75, 3.05) is 13.1 Å². The Bertz CT molecular complexity index is 248. The lowest BCUT2D eigenvalue weighted by Gasteiger charge is -2.22. The van der Waals surface area contributed by atoms with E-state index in [1.54, 1.807) is 0 Å². The molecule has 0 amide bonds. The summed E-state index contributed by atoms with van der Waals surface area (Å²) in [4.78, 5) is 0. The van der Waals surface area contributed by atoms with Crippen molar-refractivity contribution in [3.63, 3.8) is 0 Å². The van der Waals surface area contributed by atoms with Gasteiger partial charge < -0.3 is 5.32 Å². The largest absolute Gasteiger partial charge is 0.316 e. The van der Waals surface area contributed by atoms with Gasteiger partial charge in [0.15, 0.2) is 0 Å². The molecule has 2 atom stereocenters. The van der Waals surface area contributed by atoms with E-state index in [2.05, 4.69) is 38.7 Å². The maximum absolute atomic E-state index is 3.85. The van der Waals surface area contributed by atoms with Crippen LogP contribution < -0.4 is 5.32 Å². The standard InChI is InChI=1S/C23H47N/c1-5-8-11-13-14-17-22(4)20-23(18-15-12-9-6-2)21-24-19-16-10-7-3/h6,22-24H,2,5,7-21H2,1,3-4H3. The van der Waals surface area contributed by atoms with Gasteiger partial charge in [-0.1, -0.05) is 84.6 Å². The summed E-state index contributed by atoms with van der Waals surface area (Å²) in [5.41, 5.74) is 0. The Morgan fingerprint density at radius 1 is 0.833 bits per heavy atom. The third-order valence-electron chi connectivity index (χ3n) is 5.20. The number of hydrogen-bond donors (Lipinski definition) is 1. The number of hydrogen-bond acceptors (Lipinski definition) is 1. The summed E-state index contributed by atoms with van der Waals surface area (Å²) in [7, 11) is 0. The molecule has 0 fully saturated rings. The summed E-state index contributed by atoms with van der Waals surface area (Å²) in [6.07, 6.45) is 21.3. The van der Waals surface area contributed by atoms with Gasteiger partial charge in [0.2, 0.25) is 0 Å². The van der Waals surface area contributed by atoms with Crippen LogP contribution >= 0.6 is 0 Å². The van der Waals surface area contributed by atoms with Gasteiger partial charge in [0.1, 0.15) is 0 Å². The van der Waals surface area contributed by atoms with E-state index < -0.39 is 0 Å². The molecule has 0 spiro atoms. The summed E-state index contributed by atoms with van der Waals surface area (Å²) in [6, 6.07) is 0. The van der Waals surface area contributed by atoms with Crippen molar-refractivity contribution in [2.45, 2.75) is 111 Å². The highest BCUT2D eigenvalue weighted by molar-refractivity contribution is 4.70. The lowest BCUT2D eigenvalue weighted by molar-refractivity contribution is 0.326. The highest BCUT2D eigenvalue weighted by Gasteiger charge is 2.13. The summed E-state index contributed by atoms with van der Waals surface area (Å²) in [5, 5.41) is 3.73. The third-order valence-corrected chi connectivity index (χ3v) is 5.20. The quantitative estimate of drug-likeness (QED) is 0.190. The normalized spacial score (nSPS) is 13.8. The van der Waals surface area contributed by atoms with Crippen LogP contribution in [-0.4, -0.2) is 13.1 Å². The average molecular weight is 338 g/mol. The summed E-state index contributed by atoms with van der Waals surface area (Å²) in [6.45, 7) is 13.4. The van der Waals surface area contributed by atoms with Gasteiger partial charge in [-0.3, -0.25) is 0 Å². The molecule has 0 rings (SSSR count). The smallest absolute Gasteiger partial charge is 0.00204 e. The zero-order valence-corrected chi connectivity index (χ0v) is 17.3.